The molecule has 0 saturated heterocycles. The molecular weight excluding hydrogens is 273 g/mol. The van der Waals surface area contributed by atoms with E-state index in [0.29, 0.717) is 5.00 Å². The molecule has 18 heavy (non-hydrogen) atoms. The zero-order chi connectivity index (χ0) is 13.3. The van der Waals surface area contributed by atoms with E-state index in [1.54, 1.807) is 6.07 Å². The van der Waals surface area contributed by atoms with Crippen LogP contribution in [0.1, 0.15) is 10.4 Å². The number of hydrogen-bond acceptors (Lipinski definition) is 3. The highest BCUT2D eigenvalue weighted by atomic mass is 32.2. The molecule has 0 radical (unpaired) electrons. The molecule has 2 rings (SSSR count). The highest BCUT2D eigenvalue weighted by molar-refractivity contribution is 7.93. The lowest BCUT2D eigenvalue weighted by molar-refractivity contribution is 0.600. The first-order chi connectivity index (χ1) is 8.38. The van der Waals surface area contributed by atoms with Gasteiger partial charge >= 0.3 is 0 Å². The Balaban J connectivity index is 2.29. The van der Waals surface area contributed by atoms with Gasteiger partial charge in [0.25, 0.3) is 10.0 Å². The van der Waals surface area contributed by atoms with E-state index in [0.717, 1.165) is 22.6 Å². The molecule has 6 heteroatoms. The second-order valence-corrected chi connectivity index (χ2v) is 6.85. The van der Waals surface area contributed by atoms with Gasteiger partial charge in [0, 0.05) is 4.88 Å². The SMILES string of the molecule is Cc1cc(NS(=O)(=O)c2ccc(F)cc2)sc1C. The molecule has 3 nitrogen and oxygen atoms in total. The van der Waals surface area contributed by atoms with Crippen molar-refractivity contribution in [3.8, 4) is 0 Å². The Morgan fingerprint density at radius 1 is 1.17 bits per heavy atom. The summed E-state index contributed by atoms with van der Waals surface area (Å²) in [6, 6.07) is 6.51. The van der Waals surface area contributed by atoms with Crippen molar-refractivity contribution in [2.24, 2.45) is 0 Å². The first-order valence-corrected chi connectivity index (χ1v) is 7.54. The predicted molar refractivity (Wildman–Crippen MR) is 71.0 cm³/mol. The Morgan fingerprint density at radius 2 is 1.78 bits per heavy atom. The molecule has 0 spiro atoms. The molecule has 0 bridgehead atoms. The summed E-state index contributed by atoms with van der Waals surface area (Å²) in [7, 11) is -3.64. The molecule has 0 atom stereocenters. The Kier molecular flexibility index (Phi) is 3.41. The largest absolute Gasteiger partial charge is 0.270 e. The maximum Gasteiger partial charge on any atom is 0.262 e. The van der Waals surface area contributed by atoms with Crippen molar-refractivity contribution in [2.45, 2.75) is 18.7 Å². The Labute approximate surface area is 109 Å². The average molecular weight is 285 g/mol. The number of aryl methyl sites for hydroxylation is 2. The molecule has 2 aromatic rings. The number of anilines is 1. The second kappa shape index (κ2) is 4.70. The van der Waals surface area contributed by atoms with Crippen LogP contribution >= 0.6 is 11.3 Å². The lowest BCUT2D eigenvalue weighted by atomic mass is 10.3. The summed E-state index contributed by atoms with van der Waals surface area (Å²) in [5, 5.41) is 0.564. The summed E-state index contributed by atoms with van der Waals surface area (Å²) in [6.45, 7) is 3.84. The Hall–Kier alpha value is -1.40. The van der Waals surface area contributed by atoms with Crippen LogP contribution in [0.5, 0.6) is 0 Å². The zero-order valence-corrected chi connectivity index (χ0v) is 11.5. The first-order valence-electron chi connectivity index (χ1n) is 5.24. The summed E-state index contributed by atoms with van der Waals surface area (Å²) in [5.74, 6) is -0.461. The van der Waals surface area contributed by atoms with Crippen molar-refractivity contribution >= 4 is 26.4 Å². The summed E-state index contributed by atoms with van der Waals surface area (Å²) >= 11 is 1.37. The summed E-state index contributed by atoms with van der Waals surface area (Å²) in [5.41, 5.74) is 1.04. The highest BCUT2D eigenvalue weighted by Gasteiger charge is 2.15. The summed E-state index contributed by atoms with van der Waals surface area (Å²) in [6.07, 6.45) is 0. The van der Waals surface area contributed by atoms with Gasteiger partial charge < -0.3 is 0 Å². The van der Waals surface area contributed by atoms with E-state index in [9.17, 15) is 12.8 Å². The molecule has 1 heterocycles. The maximum absolute atomic E-state index is 12.7. The standard InChI is InChI=1S/C12H12FNO2S2/c1-8-7-12(17-9(8)2)14-18(15,16)11-5-3-10(13)4-6-11/h3-7,14H,1-2H3. The third-order valence-electron chi connectivity index (χ3n) is 2.52. The maximum atomic E-state index is 12.7. The number of thiophene rings is 1. The molecule has 96 valence electrons. The van der Waals surface area contributed by atoms with Gasteiger partial charge in [0.05, 0.1) is 4.90 Å². The predicted octanol–water partition coefficient (Wildman–Crippen LogP) is 3.30. The average Bonchev–Trinajstić information content (AvgIpc) is 2.57. The van der Waals surface area contributed by atoms with Gasteiger partial charge in [0.15, 0.2) is 0 Å². The van der Waals surface area contributed by atoms with E-state index < -0.39 is 15.8 Å². The van der Waals surface area contributed by atoms with Crippen molar-refractivity contribution in [3.63, 3.8) is 0 Å². The van der Waals surface area contributed by atoms with Crippen molar-refractivity contribution < 1.29 is 12.8 Å². The van der Waals surface area contributed by atoms with Gasteiger partial charge in [-0.3, -0.25) is 4.72 Å². The number of nitrogens with one attached hydrogen (secondary N) is 1. The molecule has 0 fully saturated rings. The Bertz CT molecular complexity index is 640. The first kappa shape index (κ1) is 13.0. The summed E-state index contributed by atoms with van der Waals surface area (Å²) in [4.78, 5) is 1.11. The monoisotopic (exact) mass is 285 g/mol. The normalized spacial score (nSPS) is 11.5. The van der Waals surface area contributed by atoms with Gasteiger partial charge in [-0.15, -0.1) is 11.3 Å². The molecule has 1 aromatic carbocycles. The fourth-order valence-corrected chi connectivity index (χ4v) is 3.65. The molecule has 1 N–H and O–H groups in total. The van der Waals surface area contributed by atoms with Crippen LogP contribution in [0, 0.1) is 19.7 Å². The molecule has 0 aliphatic rings. The van der Waals surface area contributed by atoms with Crippen molar-refractivity contribution in [1.29, 1.82) is 0 Å². The number of rotatable bonds is 3. The van der Waals surface area contributed by atoms with Gasteiger partial charge in [-0.1, -0.05) is 0 Å². The molecule has 0 amide bonds. The molecule has 1 aromatic heterocycles. The highest BCUT2D eigenvalue weighted by Crippen LogP contribution is 2.27. The molecule has 0 aliphatic heterocycles. The van der Waals surface area contributed by atoms with Crippen molar-refractivity contribution in [2.75, 3.05) is 4.72 Å². The van der Waals surface area contributed by atoms with E-state index in [2.05, 4.69) is 4.72 Å². The van der Waals surface area contributed by atoms with Gasteiger partial charge in [0.2, 0.25) is 0 Å². The van der Waals surface area contributed by atoms with Gasteiger partial charge in [0.1, 0.15) is 10.8 Å². The van der Waals surface area contributed by atoms with Gasteiger partial charge in [-0.25, -0.2) is 12.8 Å². The quantitative estimate of drug-likeness (QED) is 0.940. The van der Waals surface area contributed by atoms with Crippen LogP contribution in [0.25, 0.3) is 0 Å². The third kappa shape index (κ3) is 2.70. The van der Waals surface area contributed by atoms with Crippen LogP contribution < -0.4 is 4.72 Å². The number of hydrogen-bond donors (Lipinski definition) is 1. The topological polar surface area (TPSA) is 46.2 Å². The molecule has 0 unspecified atom stereocenters. The number of sulfonamides is 1. The van der Waals surface area contributed by atoms with Gasteiger partial charge in [-0.2, -0.15) is 0 Å². The second-order valence-electron chi connectivity index (χ2n) is 3.91. The van der Waals surface area contributed by atoms with E-state index in [4.69, 9.17) is 0 Å². The molecule has 0 saturated carbocycles. The van der Waals surface area contributed by atoms with Crippen molar-refractivity contribution in [3.05, 3.63) is 46.6 Å². The smallest absolute Gasteiger partial charge is 0.262 e. The van der Waals surface area contributed by atoms with Gasteiger partial charge in [-0.05, 0) is 49.7 Å². The van der Waals surface area contributed by atoms with Crippen LogP contribution in [0.2, 0.25) is 0 Å². The van der Waals surface area contributed by atoms with E-state index >= 15 is 0 Å². The minimum Gasteiger partial charge on any atom is -0.270 e. The van der Waals surface area contributed by atoms with Crippen LogP contribution in [0.3, 0.4) is 0 Å². The minimum atomic E-state index is -3.64. The van der Waals surface area contributed by atoms with Crippen LogP contribution in [-0.2, 0) is 10.0 Å². The zero-order valence-electron chi connectivity index (χ0n) is 9.90. The number of halogens is 1. The van der Waals surface area contributed by atoms with E-state index in [1.165, 1.54) is 23.5 Å². The fourth-order valence-electron chi connectivity index (χ4n) is 1.43. The Morgan fingerprint density at radius 3 is 2.28 bits per heavy atom. The van der Waals surface area contributed by atoms with Crippen LogP contribution in [-0.4, -0.2) is 8.42 Å². The van der Waals surface area contributed by atoms with E-state index in [1.807, 2.05) is 13.8 Å². The summed E-state index contributed by atoms with van der Waals surface area (Å²) < 4.78 is 39.2. The number of benzene rings is 1. The van der Waals surface area contributed by atoms with E-state index in [-0.39, 0.29) is 4.90 Å². The third-order valence-corrected chi connectivity index (χ3v) is 5.10. The van der Waals surface area contributed by atoms with Crippen LogP contribution in [0.4, 0.5) is 9.39 Å². The minimum absolute atomic E-state index is 0.0487. The lowest BCUT2D eigenvalue weighted by Gasteiger charge is -2.05. The lowest BCUT2D eigenvalue weighted by Crippen LogP contribution is -2.11. The molecule has 0 aliphatic carbocycles. The van der Waals surface area contributed by atoms with Crippen LogP contribution in [0.15, 0.2) is 35.2 Å². The molecular formula is C12H12FNO2S2. The fraction of sp³-hybridized carbons (Fsp3) is 0.167. The van der Waals surface area contributed by atoms with Crippen molar-refractivity contribution in [1.82, 2.24) is 0 Å².